The Balaban J connectivity index is 1.33. The van der Waals surface area contributed by atoms with Gasteiger partial charge in [-0.25, -0.2) is 28.2 Å². The lowest BCUT2D eigenvalue weighted by molar-refractivity contribution is 0.0206. The Bertz CT molecular complexity index is 1820. The Kier molecular flexibility index (Phi) is 9.68. The van der Waals surface area contributed by atoms with Crippen LogP contribution in [0.5, 0.6) is 11.6 Å². The second-order valence-corrected chi connectivity index (χ2v) is 14.2. The summed E-state index contributed by atoms with van der Waals surface area (Å²) in [5.74, 6) is 1.29. The highest BCUT2D eigenvalue weighted by atomic mass is 35.5. The number of amides is 1. The van der Waals surface area contributed by atoms with Gasteiger partial charge in [0, 0.05) is 37.2 Å². The molecule has 2 aromatic carbocycles. The van der Waals surface area contributed by atoms with Crippen molar-refractivity contribution in [2.45, 2.75) is 64.0 Å². The average molecular weight is 665 g/mol. The number of hydrogen-bond donors (Lipinski definition) is 2. The van der Waals surface area contributed by atoms with Crippen molar-refractivity contribution < 1.29 is 22.7 Å². The average Bonchev–Trinajstić information content (AvgIpc) is 2.98. The normalized spacial score (nSPS) is 15.3. The van der Waals surface area contributed by atoms with E-state index in [1.54, 1.807) is 53.7 Å². The number of aryl methyl sites for hydroxylation is 2. The topological polar surface area (TPSA) is 136 Å². The van der Waals surface area contributed by atoms with Crippen molar-refractivity contribution in [3.05, 3.63) is 83.1 Å². The molecule has 1 aliphatic heterocycles. The zero-order valence-corrected chi connectivity index (χ0v) is 27.9. The molecule has 5 rings (SSSR count). The molecule has 1 unspecified atom stereocenters. The van der Waals surface area contributed by atoms with Crippen LogP contribution in [0, 0.1) is 13.8 Å². The molecule has 1 aliphatic rings. The van der Waals surface area contributed by atoms with E-state index in [0.717, 1.165) is 12.8 Å². The van der Waals surface area contributed by atoms with Crippen molar-refractivity contribution in [3.8, 4) is 22.9 Å². The standard InChI is InChI=1S/C33H37ClN6O5S/c1-21-18-24(39-46(42,43)28-13-7-6-12-26(28)34)19-22(2)29(21)44-30-25(11-8-15-35-30)27-14-16-36-31(38-27)37-23-10-9-17-40(20-23)32(41)45-33(3,4)5/h6-8,11-16,18-19,23,39H,9-10,17,20H2,1-5H3,(H,36,37,38). The van der Waals surface area contributed by atoms with Gasteiger partial charge in [0.15, 0.2) is 0 Å². The number of halogens is 1. The summed E-state index contributed by atoms with van der Waals surface area (Å²) in [6.07, 6.45) is 4.64. The third kappa shape index (κ3) is 8.04. The Morgan fingerprint density at radius 1 is 1.02 bits per heavy atom. The van der Waals surface area contributed by atoms with Gasteiger partial charge in [0.1, 0.15) is 16.2 Å². The molecule has 0 spiro atoms. The Morgan fingerprint density at radius 2 is 1.76 bits per heavy atom. The van der Waals surface area contributed by atoms with Gasteiger partial charge in [-0.05, 0) is 101 Å². The zero-order chi connectivity index (χ0) is 33.1. The second-order valence-electron chi connectivity index (χ2n) is 12.1. The monoisotopic (exact) mass is 664 g/mol. The van der Waals surface area contributed by atoms with E-state index in [4.69, 9.17) is 26.1 Å². The van der Waals surface area contributed by atoms with Crippen LogP contribution in [0.2, 0.25) is 5.02 Å². The highest BCUT2D eigenvalue weighted by Gasteiger charge is 2.28. The number of hydrogen-bond acceptors (Lipinski definition) is 9. The second kappa shape index (κ2) is 13.5. The lowest BCUT2D eigenvalue weighted by Crippen LogP contribution is -2.47. The number of sulfonamides is 1. The number of aromatic nitrogens is 3. The van der Waals surface area contributed by atoms with E-state index in [1.165, 1.54) is 12.1 Å². The van der Waals surface area contributed by atoms with Gasteiger partial charge >= 0.3 is 6.09 Å². The Hall–Kier alpha value is -4.42. The highest BCUT2D eigenvalue weighted by molar-refractivity contribution is 7.92. The molecule has 1 fully saturated rings. The van der Waals surface area contributed by atoms with Crippen LogP contribution in [0.4, 0.5) is 16.4 Å². The molecule has 2 N–H and O–H groups in total. The largest absolute Gasteiger partial charge is 0.444 e. The third-order valence-electron chi connectivity index (χ3n) is 7.15. The number of carbonyl (C=O) groups excluding carboxylic acids is 1. The molecule has 1 amide bonds. The summed E-state index contributed by atoms with van der Waals surface area (Å²) in [4.78, 5) is 28.0. The molecule has 2 aromatic heterocycles. The van der Waals surface area contributed by atoms with Crippen LogP contribution < -0.4 is 14.8 Å². The molecule has 3 heterocycles. The Morgan fingerprint density at radius 3 is 2.48 bits per heavy atom. The predicted octanol–water partition coefficient (Wildman–Crippen LogP) is 7.21. The summed E-state index contributed by atoms with van der Waals surface area (Å²) in [5, 5.41) is 3.50. The van der Waals surface area contributed by atoms with Crippen LogP contribution in [0.1, 0.15) is 44.7 Å². The van der Waals surface area contributed by atoms with E-state index in [-0.39, 0.29) is 22.1 Å². The van der Waals surface area contributed by atoms with Crippen molar-refractivity contribution in [1.82, 2.24) is 19.9 Å². The number of nitrogens with zero attached hydrogens (tertiary/aromatic N) is 4. The molecule has 0 bridgehead atoms. The van der Waals surface area contributed by atoms with E-state index in [1.807, 2.05) is 40.7 Å². The van der Waals surface area contributed by atoms with Gasteiger partial charge in [-0.2, -0.15) is 0 Å². The number of nitrogens with one attached hydrogen (secondary N) is 2. The molecule has 1 atom stereocenters. The fourth-order valence-electron chi connectivity index (χ4n) is 5.15. The van der Waals surface area contributed by atoms with Crippen LogP contribution in [-0.4, -0.2) is 59.1 Å². The summed E-state index contributed by atoms with van der Waals surface area (Å²) >= 11 is 6.14. The lowest BCUT2D eigenvalue weighted by Gasteiger charge is -2.34. The summed E-state index contributed by atoms with van der Waals surface area (Å²) < 4.78 is 40.5. The quantitative estimate of drug-likeness (QED) is 0.200. The third-order valence-corrected chi connectivity index (χ3v) is 9.03. The predicted molar refractivity (Wildman–Crippen MR) is 178 cm³/mol. The fraction of sp³-hybridized carbons (Fsp3) is 0.333. The number of carbonyl (C=O) groups is 1. The minimum Gasteiger partial charge on any atom is -0.444 e. The van der Waals surface area contributed by atoms with E-state index < -0.39 is 15.6 Å². The van der Waals surface area contributed by atoms with E-state index >= 15 is 0 Å². The van der Waals surface area contributed by atoms with Crippen LogP contribution in [0.3, 0.4) is 0 Å². The van der Waals surface area contributed by atoms with Crippen LogP contribution >= 0.6 is 11.6 Å². The number of piperidine rings is 1. The van der Waals surface area contributed by atoms with Gasteiger partial charge < -0.3 is 19.7 Å². The first kappa shape index (κ1) is 33.0. The molecular weight excluding hydrogens is 628 g/mol. The molecule has 242 valence electrons. The van der Waals surface area contributed by atoms with Crippen LogP contribution in [0.15, 0.2) is 71.9 Å². The van der Waals surface area contributed by atoms with Crippen molar-refractivity contribution in [2.75, 3.05) is 23.1 Å². The first-order valence-electron chi connectivity index (χ1n) is 14.9. The lowest BCUT2D eigenvalue weighted by atomic mass is 10.1. The van der Waals surface area contributed by atoms with Gasteiger partial charge in [0.2, 0.25) is 11.8 Å². The van der Waals surface area contributed by atoms with Gasteiger partial charge in [0.25, 0.3) is 10.0 Å². The number of pyridine rings is 1. The highest BCUT2D eigenvalue weighted by Crippen LogP contribution is 2.36. The minimum atomic E-state index is -3.90. The smallest absolute Gasteiger partial charge is 0.410 e. The van der Waals surface area contributed by atoms with Crippen molar-refractivity contribution in [3.63, 3.8) is 0 Å². The van der Waals surface area contributed by atoms with Crippen molar-refractivity contribution >= 4 is 39.4 Å². The molecule has 0 radical (unpaired) electrons. The molecule has 46 heavy (non-hydrogen) atoms. The van der Waals surface area contributed by atoms with Crippen LogP contribution in [0.25, 0.3) is 11.3 Å². The summed E-state index contributed by atoms with van der Waals surface area (Å²) in [7, 11) is -3.90. The maximum Gasteiger partial charge on any atom is 0.410 e. The summed E-state index contributed by atoms with van der Waals surface area (Å²) in [5.41, 5.74) is 2.46. The number of benzene rings is 2. The molecule has 1 saturated heterocycles. The molecular formula is C33H37ClN6O5S. The number of anilines is 2. The SMILES string of the molecule is Cc1cc(NS(=O)(=O)c2ccccc2Cl)cc(C)c1Oc1ncccc1-c1ccnc(NC2CCCN(C(=O)OC(C)(C)C)C2)n1. The molecule has 0 aliphatic carbocycles. The fourth-order valence-corrected chi connectivity index (χ4v) is 6.72. The number of rotatable bonds is 8. The molecule has 11 nitrogen and oxygen atoms in total. The van der Waals surface area contributed by atoms with Crippen molar-refractivity contribution in [2.24, 2.45) is 0 Å². The maximum absolute atomic E-state index is 13.0. The zero-order valence-electron chi connectivity index (χ0n) is 26.4. The summed E-state index contributed by atoms with van der Waals surface area (Å²) in [6, 6.07) is 15.0. The van der Waals surface area contributed by atoms with Gasteiger partial charge in [-0.3, -0.25) is 4.72 Å². The number of ether oxygens (including phenoxy) is 2. The first-order chi connectivity index (χ1) is 21.8. The molecule has 13 heteroatoms. The number of likely N-dealkylation sites (tertiary alicyclic amines) is 1. The first-order valence-corrected chi connectivity index (χ1v) is 16.7. The summed E-state index contributed by atoms with van der Waals surface area (Å²) in [6.45, 7) is 10.3. The van der Waals surface area contributed by atoms with Gasteiger partial charge in [-0.15, -0.1) is 0 Å². The Labute approximate surface area is 274 Å². The van der Waals surface area contributed by atoms with Crippen LogP contribution in [-0.2, 0) is 14.8 Å². The maximum atomic E-state index is 13.0. The molecule has 4 aromatic rings. The van der Waals surface area contributed by atoms with E-state index in [2.05, 4.69) is 20.0 Å². The van der Waals surface area contributed by atoms with E-state index in [9.17, 15) is 13.2 Å². The van der Waals surface area contributed by atoms with Crippen molar-refractivity contribution in [1.29, 1.82) is 0 Å². The van der Waals surface area contributed by atoms with E-state index in [0.29, 0.717) is 58.7 Å². The minimum absolute atomic E-state index is 0.00649. The molecule has 0 saturated carbocycles. The van der Waals surface area contributed by atoms with Gasteiger partial charge in [-0.1, -0.05) is 23.7 Å². The van der Waals surface area contributed by atoms with Gasteiger partial charge in [0.05, 0.1) is 16.3 Å².